The van der Waals surface area contributed by atoms with Crippen molar-refractivity contribution < 1.29 is 14.6 Å². The number of nitrogens with two attached hydrogens (primary N) is 1. The van der Waals surface area contributed by atoms with Crippen LogP contribution in [0.3, 0.4) is 0 Å². The number of benzene rings is 1. The van der Waals surface area contributed by atoms with Crippen molar-refractivity contribution in [3.63, 3.8) is 0 Å². The number of amides is 1. The number of halogens is 1. The average Bonchev–Trinajstić information content (AvgIpc) is 2.72. The number of fused-ring (bicyclic) bond motifs is 1. The highest BCUT2D eigenvalue weighted by Crippen LogP contribution is 2.39. The summed E-state index contributed by atoms with van der Waals surface area (Å²) < 4.78 is 6.55. The minimum absolute atomic E-state index is 0.00892. The molecule has 4 N–H and O–H groups in total. The first-order chi connectivity index (χ1) is 9.99. The topological polar surface area (TPSA) is 87.8 Å². The van der Waals surface area contributed by atoms with Gasteiger partial charge in [-0.25, -0.2) is 0 Å². The van der Waals surface area contributed by atoms with Crippen LogP contribution in [0.1, 0.15) is 18.5 Å². The van der Waals surface area contributed by atoms with E-state index in [0.717, 1.165) is 28.0 Å². The molecule has 0 bridgehead atoms. The fraction of sp³-hybridized carbons (Fsp3) is 0.500. The van der Waals surface area contributed by atoms with Gasteiger partial charge >= 0.3 is 0 Å². The Bertz CT molecular complexity index is 581. The Kier molecular flexibility index (Phi) is 3.92. The lowest BCUT2D eigenvalue weighted by atomic mass is 10.1. The number of morpholine rings is 1. The first-order valence-electron chi connectivity index (χ1n) is 6.90. The van der Waals surface area contributed by atoms with Gasteiger partial charge in [0.1, 0.15) is 6.04 Å². The van der Waals surface area contributed by atoms with Gasteiger partial charge in [0.15, 0.2) is 0 Å². The zero-order valence-corrected chi connectivity index (χ0v) is 13.3. The fourth-order valence-corrected chi connectivity index (χ4v) is 3.49. The third-order valence-corrected chi connectivity index (χ3v) is 4.50. The molecule has 0 aliphatic carbocycles. The first kappa shape index (κ1) is 14.8. The number of aliphatic hydroxyl groups excluding tert-OH is 1. The average molecular weight is 356 g/mol. The fourth-order valence-electron chi connectivity index (χ4n) is 2.88. The van der Waals surface area contributed by atoms with Gasteiger partial charge in [0.25, 0.3) is 0 Å². The molecule has 0 spiro atoms. The summed E-state index contributed by atoms with van der Waals surface area (Å²) in [5.74, 6) is -0.183. The van der Waals surface area contributed by atoms with Gasteiger partial charge in [0, 0.05) is 28.8 Å². The van der Waals surface area contributed by atoms with Crippen molar-refractivity contribution in [2.45, 2.75) is 25.2 Å². The van der Waals surface area contributed by atoms with Crippen molar-refractivity contribution in [3.8, 4) is 0 Å². The summed E-state index contributed by atoms with van der Waals surface area (Å²) in [6.45, 7) is 3.31. The van der Waals surface area contributed by atoms with E-state index in [0.29, 0.717) is 6.54 Å². The lowest BCUT2D eigenvalue weighted by Crippen LogP contribution is -2.48. The van der Waals surface area contributed by atoms with Crippen molar-refractivity contribution in [1.82, 2.24) is 0 Å². The number of hydrogen-bond acceptors (Lipinski definition) is 5. The van der Waals surface area contributed by atoms with Crippen LogP contribution in [0, 0.1) is 0 Å². The molecular formula is C14H18BrN3O3. The van der Waals surface area contributed by atoms with Crippen LogP contribution in [0.4, 0.5) is 11.4 Å². The maximum Gasteiger partial charge on any atom is 0.245 e. The van der Waals surface area contributed by atoms with Crippen LogP contribution in [0.2, 0.25) is 0 Å². The number of nitrogens with one attached hydrogen (secondary N) is 1. The second kappa shape index (κ2) is 5.57. The SMILES string of the molecule is CC1CN(c2cc3c(cc2Br)C(N)C(=O)N3)CC(CO)O1. The van der Waals surface area contributed by atoms with E-state index in [4.69, 9.17) is 10.5 Å². The number of aliphatic hydroxyl groups is 1. The lowest BCUT2D eigenvalue weighted by Gasteiger charge is -2.38. The summed E-state index contributed by atoms with van der Waals surface area (Å²) in [5, 5.41) is 12.1. The molecule has 0 saturated carbocycles. The molecule has 21 heavy (non-hydrogen) atoms. The number of carbonyl (C=O) groups excluding carboxylic acids is 1. The van der Waals surface area contributed by atoms with E-state index in [1.807, 2.05) is 19.1 Å². The highest BCUT2D eigenvalue weighted by atomic mass is 79.9. The van der Waals surface area contributed by atoms with Crippen LogP contribution in [-0.4, -0.2) is 42.9 Å². The summed E-state index contributed by atoms with van der Waals surface area (Å²) in [4.78, 5) is 13.8. The Balaban J connectivity index is 1.93. The number of nitrogens with zero attached hydrogens (tertiary/aromatic N) is 1. The van der Waals surface area contributed by atoms with Crippen LogP contribution in [0.15, 0.2) is 16.6 Å². The van der Waals surface area contributed by atoms with Gasteiger partial charge < -0.3 is 25.8 Å². The predicted octanol–water partition coefficient (Wildman–Crippen LogP) is 0.987. The molecule has 0 radical (unpaired) electrons. The van der Waals surface area contributed by atoms with E-state index in [1.54, 1.807) is 0 Å². The number of anilines is 2. The molecule has 114 valence electrons. The van der Waals surface area contributed by atoms with E-state index >= 15 is 0 Å². The Morgan fingerprint density at radius 3 is 3.00 bits per heavy atom. The maximum absolute atomic E-state index is 11.7. The van der Waals surface area contributed by atoms with E-state index in [9.17, 15) is 9.90 Å². The van der Waals surface area contributed by atoms with Gasteiger partial charge in [-0.05, 0) is 35.0 Å². The lowest BCUT2D eigenvalue weighted by molar-refractivity contribution is -0.116. The summed E-state index contributed by atoms with van der Waals surface area (Å²) in [6, 6.07) is 3.21. The van der Waals surface area contributed by atoms with Crippen molar-refractivity contribution in [3.05, 3.63) is 22.2 Å². The molecular weight excluding hydrogens is 338 g/mol. The second-order valence-electron chi connectivity index (χ2n) is 5.51. The van der Waals surface area contributed by atoms with Crippen LogP contribution in [0.25, 0.3) is 0 Å². The third kappa shape index (κ3) is 2.66. The van der Waals surface area contributed by atoms with Gasteiger partial charge in [0.05, 0.1) is 24.5 Å². The molecule has 3 unspecified atom stereocenters. The molecule has 1 fully saturated rings. The normalized spacial score (nSPS) is 28.5. The van der Waals surface area contributed by atoms with Gasteiger partial charge in [-0.2, -0.15) is 0 Å². The Morgan fingerprint density at radius 1 is 1.52 bits per heavy atom. The highest BCUT2D eigenvalue weighted by molar-refractivity contribution is 9.10. The van der Waals surface area contributed by atoms with Gasteiger partial charge in [-0.1, -0.05) is 0 Å². The van der Waals surface area contributed by atoms with Gasteiger partial charge in [-0.3, -0.25) is 4.79 Å². The molecule has 1 amide bonds. The van der Waals surface area contributed by atoms with E-state index < -0.39 is 6.04 Å². The zero-order valence-electron chi connectivity index (χ0n) is 11.7. The van der Waals surface area contributed by atoms with Crippen LogP contribution in [0.5, 0.6) is 0 Å². The molecule has 1 saturated heterocycles. The molecule has 3 rings (SSSR count). The smallest absolute Gasteiger partial charge is 0.245 e. The summed E-state index contributed by atoms with van der Waals surface area (Å²) in [5.41, 5.74) is 8.38. The number of ether oxygens (including phenoxy) is 1. The molecule has 3 atom stereocenters. The van der Waals surface area contributed by atoms with Crippen molar-refractivity contribution in [2.24, 2.45) is 5.73 Å². The highest BCUT2D eigenvalue weighted by Gasteiger charge is 2.31. The van der Waals surface area contributed by atoms with E-state index in [-0.39, 0.29) is 24.7 Å². The summed E-state index contributed by atoms with van der Waals surface area (Å²) in [7, 11) is 0. The first-order valence-corrected chi connectivity index (χ1v) is 7.70. The van der Waals surface area contributed by atoms with E-state index in [2.05, 4.69) is 26.1 Å². The monoisotopic (exact) mass is 355 g/mol. The molecule has 2 aliphatic heterocycles. The molecule has 1 aromatic carbocycles. The number of rotatable bonds is 2. The zero-order chi connectivity index (χ0) is 15.1. The van der Waals surface area contributed by atoms with Crippen LogP contribution < -0.4 is 16.0 Å². The minimum Gasteiger partial charge on any atom is -0.394 e. The molecule has 2 heterocycles. The number of hydrogen-bond donors (Lipinski definition) is 3. The van der Waals surface area contributed by atoms with Gasteiger partial charge in [0.2, 0.25) is 5.91 Å². The van der Waals surface area contributed by atoms with Crippen LogP contribution in [-0.2, 0) is 9.53 Å². The van der Waals surface area contributed by atoms with Crippen molar-refractivity contribution in [2.75, 3.05) is 29.9 Å². The largest absolute Gasteiger partial charge is 0.394 e. The predicted molar refractivity (Wildman–Crippen MR) is 83.3 cm³/mol. The molecule has 0 aromatic heterocycles. The van der Waals surface area contributed by atoms with Crippen LogP contribution >= 0.6 is 15.9 Å². The summed E-state index contributed by atoms with van der Waals surface area (Å²) in [6.07, 6.45) is -0.168. The van der Waals surface area contributed by atoms with Gasteiger partial charge in [-0.15, -0.1) is 0 Å². The standard InChI is InChI=1S/C14H18BrN3O3/c1-7-4-18(5-8(6-19)21-7)12-3-11-9(2-10(12)15)13(16)14(20)17-11/h2-3,7-8,13,19H,4-6,16H2,1H3,(H,17,20). The third-order valence-electron chi connectivity index (χ3n) is 3.86. The minimum atomic E-state index is -0.612. The maximum atomic E-state index is 11.7. The summed E-state index contributed by atoms with van der Waals surface area (Å²) >= 11 is 3.56. The Labute approximate surface area is 131 Å². The molecule has 1 aromatic rings. The molecule has 2 aliphatic rings. The molecule has 6 nitrogen and oxygen atoms in total. The van der Waals surface area contributed by atoms with E-state index in [1.165, 1.54) is 0 Å². The molecule has 7 heteroatoms. The number of carbonyl (C=O) groups is 1. The Morgan fingerprint density at radius 2 is 2.29 bits per heavy atom. The van der Waals surface area contributed by atoms with Crippen molar-refractivity contribution >= 4 is 33.2 Å². The quantitative estimate of drug-likeness (QED) is 0.736. The second-order valence-corrected chi connectivity index (χ2v) is 6.37. The Hall–Kier alpha value is -1.15. The van der Waals surface area contributed by atoms with Crippen molar-refractivity contribution in [1.29, 1.82) is 0 Å².